The van der Waals surface area contributed by atoms with Gasteiger partial charge >= 0.3 is 11.9 Å². The molecule has 1 saturated heterocycles. The van der Waals surface area contributed by atoms with E-state index in [2.05, 4.69) is 14.3 Å². The summed E-state index contributed by atoms with van der Waals surface area (Å²) in [5.41, 5.74) is 5.70. The number of nitrogen functional groups attached to an aromatic ring is 1. The summed E-state index contributed by atoms with van der Waals surface area (Å²) in [6.45, 7) is 1.56. The Kier molecular flexibility index (Phi) is 10.4. The average molecular weight is 603 g/mol. The first-order valence-electron chi connectivity index (χ1n) is 11.1. The standard InChI is InChI=1S/C21H23N4O11PS2/c22-14-1-6-18(19(11-14)35-20(26)12-16(36-25(30)31)13-33-24(28)29)21(27)34-15-2-4-17(5-3-15)37(38,39)23-7-9-32-10-8-23/h1-6,11,16H,7-10,12-13,22H2,(H,38,39). The molecule has 2 atom stereocenters. The van der Waals surface area contributed by atoms with E-state index < -0.39 is 46.6 Å². The maximum Gasteiger partial charge on any atom is 0.347 e. The second kappa shape index (κ2) is 13.5. The zero-order chi connectivity index (χ0) is 28.6. The van der Waals surface area contributed by atoms with Gasteiger partial charge in [0.05, 0.1) is 25.0 Å². The summed E-state index contributed by atoms with van der Waals surface area (Å²) in [5, 5.41) is 17.0. The Morgan fingerprint density at radius 1 is 1.10 bits per heavy atom. The molecule has 3 rings (SSSR count). The van der Waals surface area contributed by atoms with E-state index in [0.29, 0.717) is 26.3 Å². The Balaban J connectivity index is 1.70. The molecule has 2 aromatic rings. The second-order valence-corrected chi connectivity index (χ2v) is 14.2. The fourth-order valence-corrected chi connectivity index (χ4v) is 6.75. The van der Waals surface area contributed by atoms with Crippen molar-refractivity contribution in [3.8, 4) is 11.5 Å². The minimum atomic E-state index is -2.32. The zero-order valence-corrected chi connectivity index (χ0v) is 22.7. The van der Waals surface area contributed by atoms with Gasteiger partial charge in [-0.3, -0.25) is 9.46 Å². The van der Waals surface area contributed by atoms with E-state index >= 15 is 0 Å². The van der Waals surface area contributed by atoms with E-state index in [1.165, 1.54) is 18.2 Å². The Morgan fingerprint density at radius 3 is 2.38 bits per heavy atom. The summed E-state index contributed by atoms with van der Waals surface area (Å²) < 4.78 is 18.0. The number of rotatable bonds is 12. The molecule has 0 aromatic heterocycles. The molecule has 18 heteroatoms. The predicted molar refractivity (Wildman–Crippen MR) is 143 cm³/mol. The molecule has 0 aliphatic carbocycles. The van der Waals surface area contributed by atoms with Crippen LogP contribution in [0.3, 0.4) is 0 Å². The Morgan fingerprint density at radius 2 is 1.77 bits per heavy atom. The summed E-state index contributed by atoms with van der Waals surface area (Å²) in [7, 11) is 0. The summed E-state index contributed by atoms with van der Waals surface area (Å²) >= 11 is 10.5. The number of ether oxygens (including phenoxy) is 3. The minimum absolute atomic E-state index is 0.135. The Bertz CT molecular complexity index is 1280. The molecule has 1 fully saturated rings. The van der Waals surface area contributed by atoms with Crippen molar-refractivity contribution in [2.75, 3.05) is 38.6 Å². The number of carbonyl (C=O) groups is 2. The quantitative estimate of drug-likeness (QED) is 0.0678. The SMILES string of the molecule is Nc1ccc(C(=O)Oc2ccc(P(=S)(S)N3CCOCC3)cc2)c(OC(=O)CC(CO[N+](=O)[O-])O[N+](=O)[O-])c1. The number of esters is 2. The normalized spacial score (nSPS) is 15.8. The molecule has 0 bridgehead atoms. The van der Waals surface area contributed by atoms with E-state index in [4.69, 9.17) is 44.0 Å². The fraction of sp³-hybridized carbons (Fsp3) is 0.333. The maximum atomic E-state index is 12.9. The lowest BCUT2D eigenvalue weighted by molar-refractivity contribution is -0.789. The molecule has 15 nitrogen and oxygen atoms in total. The lowest BCUT2D eigenvalue weighted by atomic mass is 10.2. The number of hydrogen-bond acceptors (Lipinski definition) is 13. The molecule has 210 valence electrons. The van der Waals surface area contributed by atoms with Crippen LogP contribution in [0.4, 0.5) is 5.69 Å². The highest BCUT2D eigenvalue weighted by Crippen LogP contribution is 2.53. The van der Waals surface area contributed by atoms with Gasteiger partial charge in [0, 0.05) is 30.1 Å². The Hall–Kier alpha value is -3.50. The highest BCUT2D eigenvalue weighted by Gasteiger charge is 2.27. The highest BCUT2D eigenvalue weighted by molar-refractivity contribution is 8.65. The van der Waals surface area contributed by atoms with Gasteiger partial charge in [-0.25, -0.2) is 4.79 Å². The van der Waals surface area contributed by atoms with E-state index in [1.54, 1.807) is 24.3 Å². The molecule has 2 N–H and O–H groups in total. The molecule has 0 saturated carbocycles. The molecule has 2 unspecified atom stereocenters. The maximum absolute atomic E-state index is 12.9. The van der Waals surface area contributed by atoms with E-state index in [0.717, 1.165) is 5.30 Å². The van der Waals surface area contributed by atoms with Crippen LogP contribution in [0, 0.1) is 20.2 Å². The van der Waals surface area contributed by atoms with Gasteiger partial charge in [0.2, 0.25) is 0 Å². The molecular weight excluding hydrogens is 579 g/mol. The van der Waals surface area contributed by atoms with Gasteiger partial charge in [0.15, 0.2) is 0 Å². The number of hydrogen-bond donors (Lipinski definition) is 2. The van der Waals surface area contributed by atoms with Crippen LogP contribution in [0.2, 0.25) is 0 Å². The third-order valence-electron chi connectivity index (χ3n) is 5.20. The molecule has 2 aromatic carbocycles. The van der Waals surface area contributed by atoms with Crippen LogP contribution in [0.15, 0.2) is 42.5 Å². The van der Waals surface area contributed by atoms with Gasteiger partial charge in [-0.2, -0.15) is 0 Å². The van der Waals surface area contributed by atoms with Crippen LogP contribution in [0.5, 0.6) is 11.5 Å². The Labute approximate surface area is 231 Å². The van der Waals surface area contributed by atoms with Crippen LogP contribution >= 0.6 is 17.6 Å². The van der Waals surface area contributed by atoms with Crippen LogP contribution in [0.25, 0.3) is 0 Å². The second-order valence-electron chi connectivity index (χ2n) is 7.90. The lowest BCUT2D eigenvalue weighted by Crippen LogP contribution is -2.35. The molecule has 0 spiro atoms. The first kappa shape index (κ1) is 30.0. The van der Waals surface area contributed by atoms with Crippen molar-refractivity contribution in [1.29, 1.82) is 0 Å². The van der Waals surface area contributed by atoms with Gasteiger partial charge in [-0.05, 0) is 36.4 Å². The van der Waals surface area contributed by atoms with Gasteiger partial charge in [-0.15, -0.1) is 32.5 Å². The van der Waals surface area contributed by atoms with Crippen molar-refractivity contribution in [1.82, 2.24) is 4.67 Å². The van der Waals surface area contributed by atoms with Gasteiger partial charge in [0.1, 0.15) is 29.8 Å². The van der Waals surface area contributed by atoms with Crippen molar-refractivity contribution < 1.29 is 43.6 Å². The molecule has 1 heterocycles. The first-order chi connectivity index (χ1) is 18.5. The zero-order valence-electron chi connectivity index (χ0n) is 20.1. The molecular formula is C21H23N4O11PS2. The highest BCUT2D eigenvalue weighted by atomic mass is 32.9. The third-order valence-corrected chi connectivity index (χ3v) is 10.1. The smallest absolute Gasteiger partial charge is 0.347 e. The largest absolute Gasteiger partial charge is 0.425 e. The van der Waals surface area contributed by atoms with Crippen LogP contribution in [-0.4, -0.2) is 65.8 Å². The number of benzene rings is 2. The average Bonchev–Trinajstić information content (AvgIpc) is 2.87. The van der Waals surface area contributed by atoms with Crippen LogP contribution in [0.1, 0.15) is 16.8 Å². The first-order valence-corrected chi connectivity index (χ1v) is 15.0. The topological polar surface area (TPSA) is 196 Å². The van der Waals surface area contributed by atoms with E-state index in [9.17, 15) is 29.8 Å². The minimum Gasteiger partial charge on any atom is -0.425 e. The molecule has 1 aliphatic rings. The number of thiol groups is 1. The molecule has 0 amide bonds. The number of carbonyl (C=O) groups excluding carboxylic acids is 2. The van der Waals surface area contributed by atoms with E-state index in [-0.39, 0.29) is 22.7 Å². The monoisotopic (exact) mass is 602 g/mol. The van der Waals surface area contributed by atoms with Gasteiger partial charge in [-0.1, -0.05) is 11.8 Å². The third kappa shape index (κ3) is 8.76. The molecule has 1 aliphatic heterocycles. The number of nitrogens with two attached hydrogens (primary N) is 1. The van der Waals surface area contributed by atoms with Crippen molar-refractivity contribution in [3.63, 3.8) is 0 Å². The molecule has 0 radical (unpaired) electrons. The number of morpholine rings is 1. The summed E-state index contributed by atoms with van der Waals surface area (Å²) in [5.74, 6) is -2.12. The number of anilines is 1. The van der Waals surface area contributed by atoms with Crippen LogP contribution in [-0.2, 0) is 31.0 Å². The fourth-order valence-electron chi connectivity index (χ4n) is 3.39. The van der Waals surface area contributed by atoms with Crippen molar-refractivity contribution in [3.05, 3.63) is 68.3 Å². The number of nitrogens with zero attached hydrogens (tertiary/aromatic N) is 3. The van der Waals surface area contributed by atoms with Gasteiger partial charge in [0.25, 0.3) is 10.2 Å². The van der Waals surface area contributed by atoms with E-state index in [1.807, 2.05) is 0 Å². The predicted octanol–water partition coefficient (Wildman–Crippen LogP) is 1.77. The van der Waals surface area contributed by atoms with Crippen molar-refractivity contribution in [2.45, 2.75) is 12.5 Å². The summed E-state index contributed by atoms with van der Waals surface area (Å²) in [6, 6.07) is 10.4. The molecule has 39 heavy (non-hydrogen) atoms. The lowest BCUT2D eigenvalue weighted by Gasteiger charge is -2.34. The van der Waals surface area contributed by atoms with Crippen LogP contribution < -0.4 is 20.5 Å². The van der Waals surface area contributed by atoms with Gasteiger partial charge < -0.3 is 29.6 Å². The summed E-state index contributed by atoms with van der Waals surface area (Å²) in [4.78, 5) is 54.5. The van der Waals surface area contributed by atoms with Crippen molar-refractivity contribution in [2.24, 2.45) is 0 Å². The van der Waals surface area contributed by atoms with Crippen molar-refractivity contribution >= 4 is 52.4 Å². The summed E-state index contributed by atoms with van der Waals surface area (Å²) in [6.07, 6.45) is -2.45.